The lowest BCUT2D eigenvalue weighted by molar-refractivity contribution is 0.0632. The number of fused-ring (bicyclic) bond motifs is 1. The van der Waals surface area contributed by atoms with E-state index in [4.69, 9.17) is 9.15 Å². The van der Waals surface area contributed by atoms with Gasteiger partial charge >= 0.3 is 0 Å². The lowest BCUT2D eigenvalue weighted by atomic mass is 9.98. The zero-order valence-corrected chi connectivity index (χ0v) is 20.1. The predicted octanol–water partition coefficient (Wildman–Crippen LogP) is 5.39. The highest BCUT2D eigenvalue weighted by atomic mass is 16.5. The monoisotopic (exact) mass is 469 g/mol. The summed E-state index contributed by atoms with van der Waals surface area (Å²) < 4.78 is 11.2. The van der Waals surface area contributed by atoms with Crippen LogP contribution in [0.5, 0.6) is 5.75 Å². The fourth-order valence-electron chi connectivity index (χ4n) is 4.80. The van der Waals surface area contributed by atoms with Gasteiger partial charge in [-0.2, -0.15) is 0 Å². The minimum atomic E-state index is 0.0381. The molecule has 35 heavy (non-hydrogen) atoms. The van der Waals surface area contributed by atoms with Crippen molar-refractivity contribution in [2.75, 3.05) is 26.7 Å². The molecule has 6 heteroatoms. The number of carbonyl (C=O) groups is 1. The fourth-order valence-corrected chi connectivity index (χ4v) is 4.80. The molecule has 6 nitrogen and oxygen atoms in total. The molecule has 0 radical (unpaired) electrons. The minimum absolute atomic E-state index is 0.0381. The van der Waals surface area contributed by atoms with E-state index in [9.17, 15) is 4.79 Å². The van der Waals surface area contributed by atoms with Crippen LogP contribution in [0.25, 0.3) is 10.9 Å². The highest BCUT2D eigenvalue weighted by molar-refractivity contribution is 5.93. The number of likely N-dealkylation sites (tertiary alicyclic amines) is 1. The maximum Gasteiger partial charge on any atom is 0.257 e. The van der Waals surface area contributed by atoms with Crippen LogP contribution in [-0.4, -0.2) is 47.4 Å². The second kappa shape index (κ2) is 10.7. The van der Waals surface area contributed by atoms with Crippen molar-refractivity contribution in [3.05, 3.63) is 96.1 Å². The molecule has 1 amide bonds. The first-order valence-electron chi connectivity index (χ1n) is 12.2. The van der Waals surface area contributed by atoms with Crippen LogP contribution in [0.4, 0.5) is 0 Å². The summed E-state index contributed by atoms with van der Waals surface area (Å²) in [5.74, 6) is 1.25. The molecule has 180 valence electrons. The number of benzene rings is 2. The number of hydrogen-bond acceptors (Lipinski definition) is 5. The number of ether oxygens (including phenoxy) is 1. The first-order chi connectivity index (χ1) is 17.1. The molecular weight excluding hydrogens is 438 g/mol. The predicted molar refractivity (Wildman–Crippen MR) is 136 cm³/mol. The van der Waals surface area contributed by atoms with Crippen LogP contribution in [0.3, 0.4) is 0 Å². The molecule has 2 aromatic heterocycles. The van der Waals surface area contributed by atoms with Crippen molar-refractivity contribution in [1.29, 1.82) is 0 Å². The number of nitrogens with zero attached hydrogens (tertiary/aromatic N) is 3. The van der Waals surface area contributed by atoms with Crippen molar-refractivity contribution in [1.82, 2.24) is 14.8 Å². The third-order valence-electron chi connectivity index (χ3n) is 6.53. The van der Waals surface area contributed by atoms with E-state index >= 15 is 0 Å². The van der Waals surface area contributed by atoms with Gasteiger partial charge in [-0.3, -0.25) is 14.7 Å². The Morgan fingerprint density at radius 3 is 2.86 bits per heavy atom. The van der Waals surface area contributed by atoms with Gasteiger partial charge in [0.2, 0.25) is 0 Å². The second-order valence-corrected chi connectivity index (χ2v) is 9.43. The number of amides is 1. The van der Waals surface area contributed by atoms with Crippen LogP contribution in [0.15, 0.2) is 83.8 Å². The molecule has 1 fully saturated rings. The Morgan fingerprint density at radius 1 is 1.11 bits per heavy atom. The van der Waals surface area contributed by atoms with E-state index in [2.05, 4.69) is 59.4 Å². The average Bonchev–Trinajstić information content (AvgIpc) is 3.42. The molecule has 0 unspecified atom stereocenters. The summed E-state index contributed by atoms with van der Waals surface area (Å²) in [5.41, 5.74) is 4.12. The summed E-state index contributed by atoms with van der Waals surface area (Å²) >= 11 is 0. The van der Waals surface area contributed by atoms with Crippen LogP contribution < -0.4 is 4.74 Å². The highest BCUT2D eigenvalue weighted by Crippen LogP contribution is 2.22. The van der Waals surface area contributed by atoms with Crippen molar-refractivity contribution in [3.8, 4) is 5.75 Å². The van der Waals surface area contributed by atoms with Gasteiger partial charge in [-0.05, 0) is 67.4 Å². The summed E-state index contributed by atoms with van der Waals surface area (Å²) in [6.45, 7) is 3.81. The normalized spacial score (nSPS) is 16.1. The molecule has 3 heterocycles. The van der Waals surface area contributed by atoms with E-state index in [-0.39, 0.29) is 5.91 Å². The molecule has 0 aliphatic carbocycles. The highest BCUT2D eigenvalue weighted by Gasteiger charge is 2.25. The smallest absolute Gasteiger partial charge is 0.257 e. The largest absolute Gasteiger partial charge is 0.493 e. The Balaban J connectivity index is 1.14. The van der Waals surface area contributed by atoms with Gasteiger partial charge in [-0.25, -0.2) is 0 Å². The van der Waals surface area contributed by atoms with Gasteiger partial charge in [0.1, 0.15) is 12.0 Å². The fraction of sp³-hybridized carbons (Fsp3) is 0.310. The van der Waals surface area contributed by atoms with Crippen molar-refractivity contribution < 1.29 is 13.9 Å². The molecule has 4 aromatic rings. The van der Waals surface area contributed by atoms with Crippen LogP contribution in [0, 0.1) is 5.92 Å². The molecule has 1 atom stereocenters. The number of piperidine rings is 1. The van der Waals surface area contributed by atoms with Gasteiger partial charge in [0.25, 0.3) is 5.91 Å². The Morgan fingerprint density at radius 2 is 2.00 bits per heavy atom. The van der Waals surface area contributed by atoms with Gasteiger partial charge in [-0.1, -0.05) is 24.3 Å². The zero-order valence-electron chi connectivity index (χ0n) is 20.1. The minimum Gasteiger partial charge on any atom is -0.493 e. The van der Waals surface area contributed by atoms with E-state index in [1.54, 1.807) is 12.3 Å². The van der Waals surface area contributed by atoms with Crippen LogP contribution in [-0.2, 0) is 13.1 Å². The quantitative estimate of drug-likeness (QED) is 0.346. The topological polar surface area (TPSA) is 58.8 Å². The van der Waals surface area contributed by atoms with Gasteiger partial charge in [0.05, 0.1) is 24.0 Å². The second-order valence-electron chi connectivity index (χ2n) is 9.43. The van der Waals surface area contributed by atoms with Crippen molar-refractivity contribution in [3.63, 3.8) is 0 Å². The summed E-state index contributed by atoms with van der Waals surface area (Å²) in [7, 11) is 2.13. The number of hydrogen-bond donors (Lipinski definition) is 0. The van der Waals surface area contributed by atoms with Gasteiger partial charge in [0, 0.05) is 43.7 Å². The Bertz CT molecular complexity index is 1270. The first-order valence-corrected chi connectivity index (χ1v) is 12.2. The van der Waals surface area contributed by atoms with Gasteiger partial charge in [-0.15, -0.1) is 0 Å². The number of rotatable bonds is 8. The standard InChI is InChI=1S/C29H31N3O3/c1-31(18-23-9-10-28-25(15-23)7-3-12-30-28)17-22-5-2-8-27(16-22)35-20-24-6-4-13-32(19-24)29(33)26-11-14-34-21-26/h2-3,5,7-12,14-16,21,24H,4,6,13,17-20H2,1H3/t24-/m1/s1. The van der Waals surface area contributed by atoms with E-state index in [0.29, 0.717) is 24.6 Å². The molecule has 1 saturated heterocycles. The summed E-state index contributed by atoms with van der Waals surface area (Å²) in [4.78, 5) is 21.3. The summed E-state index contributed by atoms with van der Waals surface area (Å²) in [5, 5.41) is 1.17. The molecule has 1 aliphatic heterocycles. The lowest BCUT2D eigenvalue weighted by Gasteiger charge is -2.32. The number of aromatic nitrogens is 1. The maximum atomic E-state index is 12.6. The third kappa shape index (κ3) is 5.89. The average molecular weight is 470 g/mol. The van der Waals surface area contributed by atoms with Crippen molar-refractivity contribution in [2.24, 2.45) is 5.92 Å². The maximum absolute atomic E-state index is 12.6. The first kappa shape index (κ1) is 23.1. The molecular formula is C29H31N3O3. The number of furan rings is 1. The molecule has 5 rings (SSSR count). The molecule has 0 spiro atoms. The van der Waals surface area contributed by atoms with Crippen LogP contribution in [0.2, 0.25) is 0 Å². The van der Waals surface area contributed by atoms with E-state index in [1.807, 2.05) is 23.2 Å². The Labute approximate surface area is 206 Å². The third-order valence-corrected chi connectivity index (χ3v) is 6.53. The van der Waals surface area contributed by atoms with Gasteiger partial charge in [0.15, 0.2) is 0 Å². The van der Waals surface area contributed by atoms with Crippen LogP contribution >= 0.6 is 0 Å². The lowest BCUT2D eigenvalue weighted by Crippen LogP contribution is -2.41. The van der Waals surface area contributed by atoms with E-state index in [0.717, 1.165) is 43.7 Å². The summed E-state index contributed by atoms with van der Waals surface area (Å²) in [6, 6.07) is 20.6. The van der Waals surface area contributed by atoms with E-state index in [1.165, 1.54) is 22.8 Å². The Kier molecular flexibility index (Phi) is 7.09. The van der Waals surface area contributed by atoms with Crippen molar-refractivity contribution >= 4 is 16.8 Å². The molecule has 0 bridgehead atoms. The molecule has 0 N–H and O–H groups in total. The zero-order chi connectivity index (χ0) is 24.0. The SMILES string of the molecule is CN(Cc1cccc(OC[C@@H]2CCCN(C(=O)c3ccoc3)C2)c1)Cc1ccc2ncccc2c1. The van der Waals surface area contributed by atoms with E-state index < -0.39 is 0 Å². The molecule has 0 saturated carbocycles. The van der Waals surface area contributed by atoms with Crippen molar-refractivity contribution in [2.45, 2.75) is 25.9 Å². The number of pyridine rings is 1. The summed E-state index contributed by atoms with van der Waals surface area (Å²) in [6.07, 6.45) is 6.95. The number of carbonyl (C=O) groups excluding carboxylic acids is 1. The van der Waals surface area contributed by atoms with Gasteiger partial charge < -0.3 is 14.1 Å². The Hall–Kier alpha value is -3.64. The van der Waals surface area contributed by atoms with Crippen LogP contribution in [0.1, 0.15) is 34.3 Å². The molecule has 2 aromatic carbocycles. The molecule has 1 aliphatic rings.